The first-order valence-electron chi connectivity index (χ1n) is 7.33. The molecule has 22 heavy (non-hydrogen) atoms. The van der Waals surface area contributed by atoms with Crippen molar-refractivity contribution in [2.24, 2.45) is 0 Å². The van der Waals surface area contributed by atoms with Crippen molar-refractivity contribution >= 4 is 21.8 Å². The maximum Gasteiger partial charge on any atom is 0.261 e. The average Bonchev–Trinajstić information content (AvgIpc) is 2.71. The Hall–Kier alpha value is -1.73. The van der Waals surface area contributed by atoms with Crippen LogP contribution in [0.5, 0.6) is 0 Å². The Morgan fingerprint density at radius 2 is 1.59 bits per heavy atom. The molecular formula is C15H18N2O4S. The molecule has 2 atom stereocenters. The lowest BCUT2D eigenvalue weighted by atomic mass is 9.90. The van der Waals surface area contributed by atoms with Crippen molar-refractivity contribution < 1.29 is 18.0 Å². The number of rotatable bonds is 3. The number of hydrogen-bond acceptors (Lipinski definition) is 4. The Morgan fingerprint density at radius 1 is 1.05 bits per heavy atom. The minimum absolute atomic E-state index is 0.326. The maximum absolute atomic E-state index is 12.5. The molecule has 6 nitrogen and oxygen atoms in total. The number of imide groups is 1. The van der Waals surface area contributed by atoms with E-state index >= 15 is 0 Å². The van der Waals surface area contributed by atoms with Crippen LogP contribution in [-0.4, -0.2) is 43.5 Å². The molecule has 1 fully saturated rings. The zero-order chi connectivity index (χ0) is 15.9. The molecule has 3 rings (SSSR count). The van der Waals surface area contributed by atoms with Crippen LogP contribution in [0.15, 0.2) is 24.3 Å². The number of nitrogens with one attached hydrogen (secondary N) is 1. The van der Waals surface area contributed by atoms with E-state index in [2.05, 4.69) is 4.72 Å². The molecule has 1 aliphatic carbocycles. The predicted molar refractivity (Wildman–Crippen MR) is 81.0 cm³/mol. The molecular weight excluding hydrogens is 304 g/mol. The number of sulfonamides is 1. The summed E-state index contributed by atoms with van der Waals surface area (Å²) < 4.78 is 25.7. The van der Waals surface area contributed by atoms with Gasteiger partial charge in [-0.2, -0.15) is 0 Å². The van der Waals surface area contributed by atoms with Gasteiger partial charge in [0.2, 0.25) is 10.0 Å². The molecule has 0 spiro atoms. The van der Waals surface area contributed by atoms with E-state index in [1.54, 1.807) is 24.3 Å². The van der Waals surface area contributed by atoms with Crippen molar-refractivity contribution in [3.8, 4) is 0 Å². The Balaban J connectivity index is 1.92. The lowest BCUT2D eigenvalue weighted by Crippen LogP contribution is -2.54. The number of carbonyl (C=O) groups is 2. The van der Waals surface area contributed by atoms with Crippen LogP contribution in [0.4, 0.5) is 0 Å². The van der Waals surface area contributed by atoms with Gasteiger partial charge < -0.3 is 0 Å². The zero-order valence-electron chi connectivity index (χ0n) is 12.3. The molecule has 2 aliphatic rings. The van der Waals surface area contributed by atoms with Gasteiger partial charge in [0.05, 0.1) is 23.4 Å². The second-order valence-corrected chi connectivity index (χ2v) is 7.65. The molecule has 1 aromatic carbocycles. The molecule has 7 heteroatoms. The molecule has 1 heterocycles. The molecule has 0 unspecified atom stereocenters. The van der Waals surface area contributed by atoms with E-state index in [0.717, 1.165) is 19.1 Å². The third kappa shape index (κ3) is 2.66. The number of benzene rings is 1. The van der Waals surface area contributed by atoms with E-state index in [1.165, 1.54) is 4.90 Å². The van der Waals surface area contributed by atoms with Gasteiger partial charge in [0.15, 0.2) is 0 Å². The first-order chi connectivity index (χ1) is 10.4. The molecule has 1 aromatic rings. The van der Waals surface area contributed by atoms with E-state index in [1.807, 2.05) is 0 Å². The fraction of sp³-hybridized carbons (Fsp3) is 0.467. The Labute approximate surface area is 129 Å². The molecule has 1 N–H and O–H groups in total. The first-order valence-corrected chi connectivity index (χ1v) is 9.22. The van der Waals surface area contributed by atoms with E-state index in [4.69, 9.17) is 0 Å². The highest BCUT2D eigenvalue weighted by Crippen LogP contribution is 2.31. The number of fused-ring (bicyclic) bond motifs is 1. The molecule has 1 saturated carbocycles. The molecule has 1 aliphatic heterocycles. The van der Waals surface area contributed by atoms with Gasteiger partial charge in [-0.15, -0.1) is 0 Å². The van der Waals surface area contributed by atoms with Gasteiger partial charge >= 0.3 is 0 Å². The van der Waals surface area contributed by atoms with E-state index in [-0.39, 0.29) is 11.8 Å². The van der Waals surface area contributed by atoms with Gasteiger partial charge in [0.1, 0.15) is 0 Å². The van der Waals surface area contributed by atoms with Crippen LogP contribution < -0.4 is 4.72 Å². The van der Waals surface area contributed by atoms with Crippen LogP contribution in [-0.2, 0) is 10.0 Å². The van der Waals surface area contributed by atoms with Crippen LogP contribution in [0.2, 0.25) is 0 Å². The van der Waals surface area contributed by atoms with Gasteiger partial charge in [-0.05, 0) is 25.0 Å². The van der Waals surface area contributed by atoms with Crippen LogP contribution in [0.3, 0.4) is 0 Å². The second-order valence-electron chi connectivity index (χ2n) is 5.87. The molecule has 0 bridgehead atoms. The van der Waals surface area contributed by atoms with Gasteiger partial charge in [0, 0.05) is 6.04 Å². The maximum atomic E-state index is 12.5. The van der Waals surface area contributed by atoms with Crippen molar-refractivity contribution in [1.29, 1.82) is 0 Å². The molecule has 118 valence electrons. The topological polar surface area (TPSA) is 83.6 Å². The summed E-state index contributed by atoms with van der Waals surface area (Å²) in [7, 11) is -3.39. The Morgan fingerprint density at radius 3 is 2.14 bits per heavy atom. The third-order valence-corrected chi connectivity index (χ3v) is 4.98. The van der Waals surface area contributed by atoms with Crippen molar-refractivity contribution in [1.82, 2.24) is 9.62 Å². The van der Waals surface area contributed by atoms with Gasteiger partial charge in [0.25, 0.3) is 11.8 Å². The highest BCUT2D eigenvalue weighted by molar-refractivity contribution is 7.88. The van der Waals surface area contributed by atoms with E-state index < -0.39 is 22.1 Å². The standard InChI is InChI=1S/C15H18N2O4S/c1-22(20,21)16-12-8-4-5-9-13(12)17-14(18)10-6-2-3-7-11(10)15(17)19/h2-3,6-7,12-13,16H,4-5,8-9H2,1H3/t12-,13-/m1/s1. The van der Waals surface area contributed by atoms with Crippen LogP contribution in [0, 0.1) is 0 Å². The van der Waals surface area contributed by atoms with E-state index in [9.17, 15) is 18.0 Å². The van der Waals surface area contributed by atoms with Crippen LogP contribution in [0.1, 0.15) is 46.4 Å². The largest absolute Gasteiger partial charge is 0.270 e. The summed E-state index contributed by atoms with van der Waals surface area (Å²) >= 11 is 0. The lowest BCUT2D eigenvalue weighted by molar-refractivity contribution is 0.0517. The van der Waals surface area contributed by atoms with E-state index in [0.29, 0.717) is 24.0 Å². The minimum atomic E-state index is -3.39. The van der Waals surface area contributed by atoms with Crippen LogP contribution in [0.25, 0.3) is 0 Å². The quantitative estimate of drug-likeness (QED) is 0.846. The molecule has 0 saturated heterocycles. The van der Waals surface area contributed by atoms with Gasteiger partial charge in [-0.25, -0.2) is 13.1 Å². The van der Waals surface area contributed by atoms with Crippen molar-refractivity contribution in [3.05, 3.63) is 35.4 Å². The monoisotopic (exact) mass is 322 g/mol. The second kappa shape index (κ2) is 5.48. The molecule has 2 amide bonds. The summed E-state index contributed by atoms with van der Waals surface area (Å²) in [5.74, 6) is -0.652. The fourth-order valence-electron chi connectivity index (χ4n) is 3.34. The van der Waals surface area contributed by atoms with Gasteiger partial charge in [-0.3, -0.25) is 14.5 Å². The lowest BCUT2D eigenvalue weighted by Gasteiger charge is -2.36. The van der Waals surface area contributed by atoms with Crippen molar-refractivity contribution in [3.63, 3.8) is 0 Å². The number of hydrogen-bond donors (Lipinski definition) is 1. The summed E-state index contributed by atoms with van der Waals surface area (Å²) in [6, 6.07) is 5.89. The predicted octanol–water partition coefficient (Wildman–Crippen LogP) is 1.14. The first kappa shape index (κ1) is 15.2. The number of amides is 2. The van der Waals surface area contributed by atoms with Crippen molar-refractivity contribution in [2.45, 2.75) is 37.8 Å². The third-order valence-electron chi connectivity index (χ3n) is 4.25. The van der Waals surface area contributed by atoms with Crippen molar-refractivity contribution in [2.75, 3.05) is 6.26 Å². The summed E-state index contributed by atoms with van der Waals surface area (Å²) in [4.78, 5) is 26.3. The highest BCUT2D eigenvalue weighted by Gasteiger charge is 2.43. The Bertz CT molecular complexity index is 694. The molecule has 0 aromatic heterocycles. The minimum Gasteiger partial charge on any atom is -0.270 e. The zero-order valence-corrected chi connectivity index (χ0v) is 13.1. The number of nitrogens with zero attached hydrogens (tertiary/aromatic N) is 1. The summed E-state index contributed by atoms with van der Waals surface area (Å²) in [5, 5.41) is 0. The average molecular weight is 322 g/mol. The fourth-order valence-corrected chi connectivity index (χ4v) is 4.17. The van der Waals surface area contributed by atoms with Gasteiger partial charge in [-0.1, -0.05) is 25.0 Å². The smallest absolute Gasteiger partial charge is 0.261 e. The van der Waals surface area contributed by atoms with Crippen LogP contribution >= 0.6 is 0 Å². The molecule has 0 radical (unpaired) electrons. The highest BCUT2D eigenvalue weighted by atomic mass is 32.2. The Kier molecular flexibility index (Phi) is 3.78. The summed E-state index contributed by atoms with van der Waals surface area (Å²) in [6.07, 6.45) is 4.11. The summed E-state index contributed by atoms with van der Waals surface area (Å²) in [6.45, 7) is 0. The SMILES string of the molecule is CS(=O)(=O)N[C@@H]1CCCC[C@H]1N1C(=O)c2ccccc2C1=O. The summed E-state index contributed by atoms with van der Waals surface area (Å²) in [5.41, 5.74) is 0.798. The number of carbonyl (C=O) groups excluding carboxylic acids is 2. The normalized spacial score (nSPS) is 25.4.